The van der Waals surface area contributed by atoms with Crippen LogP contribution in [-0.4, -0.2) is 41.3 Å². The fourth-order valence-electron chi connectivity index (χ4n) is 3.62. The standard InChI is InChI=1S/C18H22N2O2S/c1-4-14(10-19-7-1)13-22-17-12-20(11-15-5-3-9-23-15)16-6-2-8-21-18(16)17/h1,3-5,7,9-10,16-18H,2,6,8,11-13H2/t16-,17+,18-/m0/s1. The van der Waals surface area contributed by atoms with Crippen molar-refractivity contribution in [2.24, 2.45) is 0 Å². The number of ether oxygens (including phenoxy) is 2. The van der Waals surface area contributed by atoms with Gasteiger partial charge in [0.25, 0.3) is 0 Å². The molecule has 0 aromatic carbocycles. The maximum atomic E-state index is 6.20. The van der Waals surface area contributed by atoms with Crippen LogP contribution >= 0.6 is 11.3 Å². The number of aromatic nitrogens is 1. The van der Waals surface area contributed by atoms with Crippen LogP contribution in [0.25, 0.3) is 0 Å². The Bertz CT molecular complexity index is 605. The summed E-state index contributed by atoms with van der Waals surface area (Å²) in [6, 6.07) is 8.85. The van der Waals surface area contributed by atoms with Gasteiger partial charge in [0, 0.05) is 43.0 Å². The number of nitrogens with zero attached hydrogens (tertiary/aromatic N) is 2. The minimum Gasteiger partial charge on any atom is -0.374 e. The van der Waals surface area contributed by atoms with Crippen LogP contribution in [0.4, 0.5) is 0 Å². The number of hydrogen-bond acceptors (Lipinski definition) is 5. The predicted octanol–water partition coefficient (Wildman–Crippen LogP) is 3.09. The van der Waals surface area contributed by atoms with Crippen molar-refractivity contribution in [3.05, 3.63) is 52.5 Å². The first-order chi connectivity index (χ1) is 11.4. The van der Waals surface area contributed by atoms with E-state index in [1.165, 1.54) is 11.3 Å². The quantitative estimate of drug-likeness (QED) is 0.844. The highest BCUT2D eigenvalue weighted by molar-refractivity contribution is 7.09. The first-order valence-corrected chi connectivity index (χ1v) is 9.16. The number of pyridine rings is 1. The predicted molar refractivity (Wildman–Crippen MR) is 90.3 cm³/mol. The monoisotopic (exact) mass is 330 g/mol. The second kappa shape index (κ2) is 7.09. The molecule has 0 aliphatic carbocycles. The van der Waals surface area contributed by atoms with E-state index in [1.54, 1.807) is 6.20 Å². The number of thiophene rings is 1. The van der Waals surface area contributed by atoms with Gasteiger partial charge in [-0.1, -0.05) is 12.1 Å². The van der Waals surface area contributed by atoms with E-state index >= 15 is 0 Å². The summed E-state index contributed by atoms with van der Waals surface area (Å²) in [5.41, 5.74) is 1.12. The molecule has 2 saturated heterocycles. The highest BCUT2D eigenvalue weighted by Crippen LogP contribution is 2.32. The normalized spacial score (nSPS) is 27.9. The Labute approximate surface area is 141 Å². The summed E-state index contributed by atoms with van der Waals surface area (Å²) in [5.74, 6) is 0. The summed E-state index contributed by atoms with van der Waals surface area (Å²) in [6.07, 6.45) is 6.39. The zero-order valence-electron chi connectivity index (χ0n) is 13.1. The van der Waals surface area contributed by atoms with Crippen LogP contribution in [0, 0.1) is 0 Å². The molecular weight excluding hydrogens is 308 g/mol. The number of rotatable bonds is 5. The molecule has 0 radical (unpaired) electrons. The Morgan fingerprint density at radius 1 is 1.35 bits per heavy atom. The van der Waals surface area contributed by atoms with Gasteiger partial charge in [-0.3, -0.25) is 9.88 Å². The number of fused-ring (bicyclic) bond motifs is 1. The van der Waals surface area contributed by atoms with E-state index in [0.29, 0.717) is 12.6 Å². The summed E-state index contributed by atoms with van der Waals surface area (Å²) >= 11 is 1.83. The number of likely N-dealkylation sites (tertiary alicyclic amines) is 1. The van der Waals surface area contributed by atoms with Gasteiger partial charge in [-0.25, -0.2) is 0 Å². The first-order valence-electron chi connectivity index (χ1n) is 8.29. The Kier molecular flexibility index (Phi) is 4.71. The second-order valence-corrected chi connectivity index (χ2v) is 7.30. The van der Waals surface area contributed by atoms with Crippen LogP contribution in [0.15, 0.2) is 42.0 Å². The molecule has 122 valence electrons. The van der Waals surface area contributed by atoms with E-state index < -0.39 is 0 Å². The van der Waals surface area contributed by atoms with Crippen molar-refractivity contribution in [1.29, 1.82) is 0 Å². The molecule has 0 amide bonds. The Morgan fingerprint density at radius 2 is 2.35 bits per heavy atom. The van der Waals surface area contributed by atoms with E-state index in [-0.39, 0.29) is 12.2 Å². The van der Waals surface area contributed by atoms with Crippen molar-refractivity contribution >= 4 is 11.3 Å². The summed E-state index contributed by atoms with van der Waals surface area (Å²) in [4.78, 5) is 8.12. The molecule has 0 bridgehead atoms. The van der Waals surface area contributed by atoms with Gasteiger partial charge in [-0.05, 0) is 35.9 Å². The molecule has 2 aromatic heterocycles. The highest BCUT2D eigenvalue weighted by atomic mass is 32.1. The summed E-state index contributed by atoms with van der Waals surface area (Å²) in [5, 5.41) is 2.15. The van der Waals surface area contributed by atoms with Crippen molar-refractivity contribution in [3.63, 3.8) is 0 Å². The average Bonchev–Trinajstić information content (AvgIpc) is 3.23. The van der Waals surface area contributed by atoms with Gasteiger partial charge in [0.15, 0.2) is 0 Å². The third-order valence-electron chi connectivity index (χ3n) is 4.71. The molecule has 5 heteroatoms. The van der Waals surface area contributed by atoms with E-state index in [9.17, 15) is 0 Å². The fourth-order valence-corrected chi connectivity index (χ4v) is 4.35. The molecule has 4 heterocycles. The summed E-state index contributed by atoms with van der Waals surface area (Å²) in [6.45, 7) is 3.43. The van der Waals surface area contributed by atoms with E-state index in [1.807, 2.05) is 23.6 Å². The van der Waals surface area contributed by atoms with Gasteiger partial charge in [-0.15, -0.1) is 11.3 Å². The van der Waals surface area contributed by atoms with Crippen molar-refractivity contribution in [2.45, 2.75) is 44.2 Å². The molecule has 0 N–H and O–H groups in total. The zero-order chi connectivity index (χ0) is 15.5. The van der Waals surface area contributed by atoms with Crippen LogP contribution in [0.3, 0.4) is 0 Å². The minimum atomic E-state index is 0.153. The lowest BCUT2D eigenvalue weighted by Gasteiger charge is -2.32. The van der Waals surface area contributed by atoms with Crippen LogP contribution in [-0.2, 0) is 22.6 Å². The van der Waals surface area contributed by atoms with Crippen molar-refractivity contribution in [2.75, 3.05) is 13.2 Å². The Hall–Kier alpha value is -1.27. The lowest BCUT2D eigenvalue weighted by molar-refractivity contribution is -0.0819. The largest absolute Gasteiger partial charge is 0.374 e. The van der Waals surface area contributed by atoms with Gasteiger partial charge < -0.3 is 9.47 Å². The molecule has 0 saturated carbocycles. The molecule has 2 aliphatic heterocycles. The molecule has 2 aliphatic rings. The van der Waals surface area contributed by atoms with E-state index in [0.717, 1.165) is 31.7 Å². The van der Waals surface area contributed by atoms with Crippen molar-refractivity contribution in [1.82, 2.24) is 9.88 Å². The van der Waals surface area contributed by atoms with E-state index in [4.69, 9.17) is 9.47 Å². The average molecular weight is 330 g/mol. The van der Waals surface area contributed by atoms with Crippen molar-refractivity contribution < 1.29 is 9.47 Å². The smallest absolute Gasteiger partial charge is 0.100 e. The van der Waals surface area contributed by atoms with Crippen molar-refractivity contribution in [3.8, 4) is 0 Å². The van der Waals surface area contributed by atoms with Crippen LogP contribution in [0.5, 0.6) is 0 Å². The second-order valence-electron chi connectivity index (χ2n) is 6.26. The molecular formula is C18H22N2O2S. The molecule has 0 unspecified atom stereocenters. The third-order valence-corrected chi connectivity index (χ3v) is 5.57. The fraction of sp³-hybridized carbons (Fsp3) is 0.500. The summed E-state index contributed by atoms with van der Waals surface area (Å²) < 4.78 is 12.3. The Balaban J connectivity index is 1.42. The third kappa shape index (κ3) is 3.48. The lowest BCUT2D eigenvalue weighted by Crippen LogP contribution is -2.41. The maximum Gasteiger partial charge on any atom is 0.100 e. The lowest BCUT2D eigenvalue weighted by atomic mass is 10.0. The maximum absolute atomic E-state index is 6.20. The van der Waals surface area contributed by atoms with Gasteiger partial charge in [0.05, 0.1) is 12.7 Å². The van der Waals surface area contributed by atoms with Crippen LogP contribution in [0.1, 0.15) is 23.3 Å². The van der Waals surface area contributed by atoms with E-state index in [2.05, 4.69) is 33.5 Å². The first kappa shape index (κ1) is 15.3. The SMILES string of the molecule is c1cncc(CO[C@@H]2CN(Cc3cccs3)[C@H]3CCCO[C@H]23)c1. The summed E-state index contributed by atoms with van der Waals surface area (Å²) in [7, 11) is 0. The molecule has 4 rings (SSSR count). The molecule has 3 atom stereocenters. The molecule has 2 fully saturated rings. The zero-order valence-corrected chi connectivity index (χ0v) is 14.0. The van der Waals surface area contributed by atoms with Gasteiger partial charge >= 0.3 is 0 Å². The Morgan fingerprint density at radius 3 is 3.17 bits per heavy atom. The van der Waals surface area contributed by atoms with Gasteiger partial charge in [-0.2, -0.15) is 0 Å². The minimum absolute atomic E-state index is 0.153. The molecule has 0 spiro atoms. The molecule has 2 aromatic rings. The molecule has 23 heavy (non-hydrogen) atoms. The van der Waals surface area contributed by atoms with Gasteiger partial charge in [0.2, 0.25) is 0 Å². The van der Waals surface area contributed by atoms with Crippen LogP contribution < -0.4 is 0 Å². The van der Waals surface area contributed by atoms with Crippen LogP contribution in [0.2, 0.25) is 0 Å². The molecule has 4 nitrogen and oxygen atoms in total. The number of hydrogen-bond donors (Lipinski definition) is 0. The highest BCUT2D eigenvalue weighted by Gasteiger charge is 2.44. The van der Waals surface area contributed by atoms with Gasteiger partial charge in [0.1, 0.15) is 6.10 Å². The topological polar surface area (TPSA) is 34.6 Å².